The van der Waals surface area contributed by atoms with Crippen molar-refractivity contribution in [3.63, 3.8) is 0 Å². The number of methoxy groups -OCH3 is 2. The van der Waals surface area contributed by atoms with Crippen LogP contribution in [0.5, 0.6) is 11.6 Å². The zero-order valence-electron chi connectivity index (χ0n) is 17.6. The van der Waals surface area contributed by atoms with Gasteiger partial charge in [-0.1, -0.05) is 36.4 Å². The highest BCUT2D eigenvalue weighted by atomic mass is 32.1. The Kier molecular flexibility index (Phi) is 6.47. The van der Waals surface area contributed by atoms with Crippen LogP contribution in [-0.4, -0.2) is 35.8 Å². The lowest BCUT2D eigenvalue weighted by Gasteiger charge is -2.30. The Morgan fingerprint density at radius 3 is 2.55 bits per heavy atom. The van der Waals surface area contributed by atoms with Crippen molar-refractivity contribution in [3.8, 4) is 11.6 Å². The van der Waals surface area contributed by atoms with Gasteiger partial charge in [0.1, 0.15) is 11.6 Å². The Bertz CT molecular complexity index is 1060. The third kappa shape index (κ3) is 5.21. The van der Waals surface area contributed by atoms with Crippen molar-refractivity contribution in [2.24, 2.45) is 0 Å². The summed E-state index contributed by atoms with van der Waals surface area (Å²) in [7, 11) is 3.25. The Morgan fingerprint density at radius 1 is 1.03 bits per heavy atom. The summed E-state index contributed by atoms with van der Waals surface area (Å²) in [5, 5.41) is 6.70. The maximum Gasteiger partial charge on any atom is 0.234 e. The van der Waals surface area contributed by atoms with Crippen LogP contribution in [0.15, 0.2) is 54.6 Å². The number of benzene rings is 2. The first-order valence-corrected chi connectivity index (χ1v) is 10.5. The van der Waals surface area contributed by atoms with Crippen molar-refractivity contribution in [3.05, 3.63) is 71.3 Å². The van der Waals surface area contributed by atoms with Crippen LogP contribution >= 0.6 is 12.2 Å². The van der Waals surface area contributed by atoms with Gasteiger partial charge in [0.05, 0.1) is 14.2 Å². The normalized spacial score (nSPS) is 12.6. The molecule has 1 aliphatic rings. The number of hydrogen-bond donors (Lipinski definition) is 2. The molecule has 0 spiro atoms. The first kappa shape index (κ1) is 20.9. The molecule has 1 aliphatic heterocycles. The lowest BCUT2D eigenvalue weighted by Crippen LogP contribution is -2.32. The molecule has 0 fully saturated rings. The number of aromatic nitrogens is 2. The van der Waals surface area contributed by atoms with Crippen LogP contribution in [0.2, 0.25) is 0 Å². The highest BCUT2D eigenvalue weighted by Gasteiger charge is 2.19. The molecule has 0 saturated heterocycles. The summed E-state index contributed by atoms with van der Waals surface area (Å²) in [4.78, 5) is 11.3. The summed E-state index contributed by atoms with van der Waals surface area (Å²) in [5.74, 6) is 2.52. The Morgan fingerprint density at radius 2 is 1.81 bits per heavy atom. The van der Waals surface area contributed by atoms with E-state index >= 15 is 0 Å². The number of ether oxygens (including phenoxy) is 2. The highest BCUT2D eigenvalue weighted by Crippen LogP contribution is 2.26. The summed E-state index contributed by atoms with van der Waals surface area (Å²) in [6, 6.07) is 18.2. The fourth-order valence-corrected chi connectivity index (χ4v) is 3.66. The maximum atomic E-state index is 5.43. The molecule has 2 aromatic carbocycles. The standard InChI is InChI=1S/C23H25N5O2S/c1-29-19-9-7-16(8-10-19)14-24-23(31)27-22-25-20(13-21(26-22)30-2)28-12-11-17-5-3-4-6-18(17)15-28/h3-10,13H,11-12,14-15H2,1-2H3,(H2,24,25,26,27,31). The number of rotatable bonds is 6. The minimum atomic E-state index is 0.403. The van der Waals surface area contributed by atoms with Gasteiger partial charge in [-0.2, -0.15) is 9.97 Å². The van der Waals surface area contributed by atoms with Gasteiger partial charge >= 0.3 is 0 Å². The van der Waals surface area contributed by atoms with E-state index in [1.54, 1.807) is 14.2 Å². The number of nitrogens with zero attached hydrogens (tertiary/aromatic N) is 3. The Labute approximate surface area is 187 Å². The lowest BCUT2D eigenvalue weighted by atomic mass is 10.00. The van der Waals surface area contributed by atoms with Gasteiger partial charge in [-0.05, 0) is 47.5 Å². The largest absolute Gasteiger partial charge is 0.497 e. The van der Waals surface area contributed by atoms with Gasteiger partial charge in [0.25, 0.3) is 0 Å². The van der Waals surface area contributed by atoms with Crippen molar-refractivity contribution in [1.82, 2.24) is 15.3 Å². The second kappa shape index (κ2) is 9.61. The van der Waals surface area contributed by atoms with Crippen molar-refractivity contribution in [2.45, 2.75) is 19.5 Å². The Balaban J connectivity index is 1.43. The van der Waals surface area contributed by atoms with Crippen LogP contribution in [0.1, 0.15) is 16.7 Å². The molecule has 2 N–H and O–H groups in total. The molecule has 0 saturated carbocycles. The van der Waals surface area contributed by atoms with Crippen LogP contribution < -0.4 is 25.0 Å². The molecule has 0 radical (unpaired) electrons. The molecule has 3 aromatic rings. The van der Waals surface area contributed by atoms with Crippen molar-refractivity contribution in [1.29, 1.82) is 0 Å². The van der Waals surface area contributed by atoms with Gasteiger partial charge < -0.3 is 25.0 Å². The minimum absolute atomic E-state index is 0.403. The van der Waals surface area contributed by atoms with Crippen molar-refractivity contribution < 1.29 is 9.47 Å². The van der Waals surface area contributed by atoms with Crippen LogP contribution in [-0.2, 0) is 19.5 Å². The molecule has 0 amide bonds. The highest BCUT2D eigenvalue weighted by molar-refractivity contribution is 7.80. The summed E-state index contributed by atoms with van der Waals surface area (Å²) in [6.45, 7) is 2.27. The van der Waals surface area contributed by atoms with Crippen LogP contribution in [0.25, 0.3) is 0 Å². The van der Waals surface area contributed by atoms with E-state index in [0.717, 1.165) is 36.6 Å². The zero-order valence-corrected chi connectivity index (χ0v) is 18.4. The van der Waals surface area contributed by atoms with Crippen LogP contribution in [0.4, 0.5) is 11.8 Å². The SMILES string of the molecule is COc1ccc(CNC(=S)Nc2nc(OC)cc(N3CCc4ccccc4C3)n2)cc1. The molecule has 2 heterocycles. The number of nitrogens with one attached hydrogen (secondary N) is 2. The molecular weight excluding hydrogens is 410 g/mol. The summed E-state index contributed by atoms with van der Waals surface area (Å²) < 4.78 is 10.6. The van der Waals surface area contributed by atoms with Gasteiger partial charge in [-0.15, -0.1) is 0 Å². The molecule has 31 heavy (non-hydrogen) atoms. The number of fused-ring (bicyclic) bond motifs is 1. The second-order valence-electron chi connectivity index (χ2n) is 7.19. The quantitative estimate of drug-likeness (QED) is 0.570. The third-order valence-electron chi connectivity index (χ3n) is 5.19. The predicted octanol–water partition coefficient (Wildman–Crippen LogP) is 3.54. The van der Waals surface area contributed by atoms with Crippen molar-refractivity contribution in [2.75, 3.05) is 31.0 Å². The molecule has 0 aliphatic carbocycles. The van der Waals surface area contributed by atoms with Gasteiger partial charge in [0, 0.05) is 25.7 Å². The van der Waals surface area contributed by atoms with E-state index < -0.39 is 0 Å². The van der Waals surface area contributed by atoms with Gasteiger partial charge in [0.15, 0.2) is 5.11 Å². The maximum absolute atomic E-state index is 5.43. The topological polar surface area (TPSA) is 71.5 Å². The average molecular weight is 436 g/mol. The number of thiocarbonyl (C=S) groups is 1. The summed E-state index contributed by atoms with van der Waals surface area (Å²) >= 11 is 5.43. The molecule has 0 bridgehead atoms. The van der Waals surface area contributed by atoms with E-state index in [9.17, 15) is 0 Å². The molecule has 0 unspecified atom stereocenters. The Hall–Kier alpha value is -3.39. The smallest absolute Gasteiger partial charge is 0.234 e. The van der Waals surface area contributed by atoms with Crippen molar-refractivity contribution >= 4 is 29.1 Å². The molecule has 4 rings (SSSR count). The molecule has 7 nitrogen and oxygen atoms in total. The van der Waals surface area contributed by atoms with E-state index in [1.165, 1.54) is 11.1 Å². The average Bonchev–Trinajstić information content (AvgIpc) is 2.82. The van der Waals surface area contributed by atoms with E-state index in [-0.39, 0.29) is 0 Å². The fourth-order valence-electron chi connectivity index (χ4n) is 3.50. The predicted molar refractivity (Wildman–Crippen MR) is 126 cm³/mol. The number of hydrogen-bond acceptors (Lipinski definition) is 6. The number of anilines is 2. The monoisotopic (exact) mass is 435 g/mol. The first-order valence-electron chi connectivity index (χ1n) is 10.1. The van der Waals surface area contributed by atoms with Crippen LogP contribution in [0.3, 0.4) is 0 Å². The zero-order chi connectivity index (χ0) is 21.6. The second-order valence-corrected chi connectivity index (χ2v) is 7.60. The van der Waals surface area contributed by atoms with E-state index in [1.807, 2.05) is 30.3 Å². The van der Waals surface area contributed by atoms with Gasteiger partial charge in [0.2, 0.25) is 11.8 Å². The van der Waals surface area contributed by atoms with E-state index in [4.69, 9.17) is 21.7 Å². The first-order chi connectivity index (χ1) is 15.1. The molecule has 1 aromatic heterocycles. The lowest BCUT2D eigenvalue weighted by molar-refractivity contribution is 0.397. The van der Waals surface area contributed by atoms with Gasteiger partial charge in [-0.25, -0.2) is 0 Å². The molecule has 0 atom stereocenters. The minimum Gasteiger partial charge on any atom is -0.497 e. The van der Waals surface area contributed by atoms with E-state index in [0.29, 0.717) is 23.5 Å². The van der Waals surface area contributed by atoms with Crippen LogP contribution in [0, 0.1) is 0 Å². The molecule has 8 heteroatoms. The summed E-state index contributed by atoms with van der Waals surface area (Å²) in [5.41, 5.74) is 3.80. The molecular formula is C23H25N5O2S. The fraction of sp³-hybridized carbons (Fsp3) is 0.261. The summed E-state index contributed by atoms with van der Waals surface area (Å²) in [6.07, 6.45) is 0.979. The van der Waals surface area contributed by atoms with E-state index in [2.05, 4.69) is 49.8 Å². The third-order valence-corrected chi connectivity index (χ3v) is 5.44. The van der Waals surface area contributed by atoms with Gasteiger partial charge in [-0.3, -0.25) is 0 Å². The molecule has 160 valence electrons.